The van der Waals surface area contributed by atoms with Crippen molar-refractivity contribution in [3.05, 3.63) is 53.0 Å². The summed E-state index contributed by atoms with van der Waals surface area (Å²) in [6.45, 7) is 3.66. The Morgan fingerprint density at radius 1 is 1.29 bits per heavy atom. The Labute approximate surface area is 136 Å². The van der Waals surface area contributed by atoms with Crippen molar-refractivity contribution in [3.8, 4) is 11.3 Å². The van der Waals surface area contributed by atoms with Crippen LogP contribution in [-0.4, -0.2) is 21.0 Å². The molecule has 0 spiro atoms. The summed E-state index contributed by atoms with van der Waals surface area (Å²) in [6.07, 6.45) is 0.853. The van der Waals surface area contributed by atoms with Crippen molar-refractivity contribution in [1.29, 1.82) is 0 Å². The summed E-state index contributed by atoms with van der Waals surface area (Å²) in [5, 5.41) is 8.97. The zero-order valence-electron chi connectivity index (χ0n) is 13.1. The number of rotatable bonds is 4. The van der Waals surface area contributed by atoms with Gasteiger partial charge in [0.2, 0.25) is 0 Å². The molecule has 7 heteroatoms. The van der Waals surface area contributed by atoms with E-state index in [1.54, 1.807) is 13.0 Å². The highest BCUT2D eigenvalue weighted by Crippen LogP contribution is 2.35. The largest absolute Gasteiger partial charge is 0.478 e. The average Bonchev–Trinajstić information content (AvgIpc) is 2.52. The first-order valence-corrected chi connectivity index (χ1v) is 7.18. The molecule has 1 heterocycles. The second kappa shape index (κ2) is 6.82. The van der Waals surface area contributed by atoms with Gasteiger partial charge in [0.25, 0.3) is 0 Å². The SMILES string of the molecule is CCC=Cc1c(C)ncnc1-c1ccc(C(=O)O)c(C(F)(F)F)c1. The normalized spacial score (nSPS) is 11.9. The van der Waals surface area contributed by atoms with Crippen molar-refractivity contribution in [1.82, 2.24) is 9.97 Å². The fourth-order valence-corrected chi connectivity index (χ4v) is 2.26. The Hall–Kier alpha value is -2.70. The molecule has 24 heavy (non-hydrogen) atoms. The second-order valence-electron chi connectivity index (χ2n) is 5.10. The van der Waals surface area contributed by atoms with Crippen molar-refractivity contribution >= 4 is 12.0 Å². The van der Waals surface area contributed by atoms with Crippen LogP contribution in [0.1, 0.15) is 40.5 Å². The van der Waals surface area contributed by atoms with Crippen LogP contribution in [0, 0.1) is 6.92 Å². The van der Waals surface area contributed by atoms with E-state index in [9.17, 15) is 18.0 Å². The number of alkyl halides is 3. The number of carboxylic acid groups (broad SMARTS) is 1. The molecule has 0 unspecified atom stereocenters. The maximum absolute atomic E-state index is 13.2. The Kier molecular flexibility index (Phi) is 5.02. The Morgan fingerprint density at radius 2 is 2.00 bits per heavy atom. The van der Waals surface area contributed by atoms with E-state index >= 15 is 0 Å². The highest BCUT2D eigenvalue weighted by Gasteiger charge is 2.35. The molecule has 0 saturated carbocycles. The number of benzene rings is 1. The van der Waals surface area contributed by atoms with E-state index in [1.165, 1.54) is 12.4 Å². The molecule has 1 aromatic heterocycles. The molecule has 0 atom stereocenters. The van der Waals surface area contributed by atoms with Crippen molar-refractivity contribution < 1.29 is 23.1 Å². The third-order valence-corrected chi connectivity index (χ3v) is 3.43. The molecule has 1 aromatic carbocycles. The Morgan fingerprint density at radius 3 is 2.58 bits per heavy atom. The lowest BCUT2D eigenvalue weighted by Crippen LogP contribution is -2.13. The summed E-state index contributed by atoms with van der Waals surface area (Å²) >= 11 is 0. The third kappa shape index (κ3) is 3.61. The van der Waals surface area contributed by atoms with Crippen molar-refractivity contribution in [2.45, 2.75) is 26.4 Å². The number of allylic oxidation sites excluding steroid dienone is 1. The summed E-state index contributed by atoms with van der Waals surface area (Å²) in [5.74, 6) is -1.63. The first kappa shape index (κ1) is 17.7. The van der Waals surface area contributed by atoms with E-state index in [0.29, 0.717) is 17.0 Å². The van der Waals surface area contributed by atoms with Gasteiger partial charge in [0, 0.05) is 16.8 Å². The van der Waals surface area contributed by atoms with Crippen LogP contribution in [-0.2, 0) is 6.18 Å². The molecule has 0 bridgehead atoms. The van der Waals surface area contributed by atoms with Crippen molar-refractivity contribution in [3.63, 3.8) is 0 Å². The summed E-state index contributed by atoms with van der Waals surface area (Å²) in [5.41, 5.74) is -0.240. The minimum atomic E-state index is -4.77. The lowest BCUT2D eigenvalue weighted by molar-refractivity contribution is -0.138. The van der Waals surface area contributed by atoms with Crippen molar-refractivity contribution in [2.75, 3.05) is 0 Å². The molecule has 0 radical (unpaired) electrons. The molecule has 0 amide bonds. The Bertz CT molecular complexity index is 799. The maximum atomic E-state index is 13.2. The third-order valence-electron chi connectivity index (χ3n) is 3.43. The number of aromatic carboxylic acids is 1. The molecule has 4 nitrogen and oxygen atoms in total. The summed E-state index contributed by atoms with van der Waals surface area (Å²) in [4.78, 5) is 19.2. The van der Waals surface area contributed by atoms with Gasteiger partial charge in [-0.25, -0.2) is 14.8 Å². The van der Waals surface area contributed by atoms with Gasteiger partial charge in [0.1, 0.15) is 6.33 Å². The van der Waals surface area contributed by atoms with E-state index in [-0.39, 0.29) is 5.56 Å². The predicted octanol–water partition coefficient (Wildman–Crippen LogP) is 4.59. The number of aryl methyl sites for hydroxylation is 1. The van der Waals surface area contributed by atoms with Gasteiger partial charge in [-0.3, -0.25) is 0 Å². The molecule has 126 valence electrons. The predicted molar refractivity (Wildman–Crippen MR) is 83.5 cm³/mol. The highest BCUT2D eigenvalue weighted by molar-refractivity contribution is 5.90. The van der Waals surface area contributed by atoms with E-state index in [4.69, 9.17) is 5.11 Å². The van der Waals surface area contributed by atoms with E-state index in [0.717, 1.165) is 18.6 Å². The second-order valence-corrected chi connectivity index (χ2v) is 5.10. The molecule has 1 N–H and O–H groups in total. The number of hydrogen-bond donors (Lipinski definition) is 1. The van der Waals surface area contributed by atoms with Gasteiger partial charge in [0.05, 0.1) is 16.8 Å². The molecular weight excluding hydrogens is 321 g/mol. The summed E-state index contributed by atoms with van der Waals surface area (Å²) in [7, 11) is 0. The minimum absolute atomic E-state index is 0.188. The number of nitrogens with zero attached hydrogens (tertiary/aromatic N) is 2. The average molecular weight is 336 g/mol. The fourth-order valence-electron chi connectivity index (χ4n) is 2.26. The topological polar surface area (TPSA) is 63.1 Å². The van der Waals surface area contributed by atoms with Crippen molar-refractivity contribution in [2.24, 2.45) is 0 Å². The molecule has 2 rings (SSSR count). The van der Waals surface area contributed by atoms with Gasteiger partial charge in [0.15, 0.2) is 0 Å². The number of carboxylic acids is 1. The van der Waals surface area contributed by atoms with Gasteiger partial charge < -0.3 is 5.11 Å². The molecule has 0 aliphatic rings. The quantitative estimate of drug-likeness (QED) is 0.887. The lowest BCUT2D eigenvalue weighted by Gasteiger charge is -2.13. The first-order valence-electron chi connectivity index (χ1n) is 7.18. The van der Waals surface area contributed by atoms with Crippen LogP contribution in [0.3, 0.4) is 0 Å². The number of aromatic nitrogens is 2. The van der Waals surface area contributed by atoms with Crippen LogP contribution in [0.5, 0.6) is 0 Å². The monoisotopic (exact) mass is 336 g/mol. The van der Waals surface area contributed by atoms with Crippen LogP contribution in [0.4, 0.5) is 13.2 Å². The standard InChI is InChI=1S/C17H15F3N2O2/c1-3-4-5-12-10(2)21-9-22-15(12)11-6-7-13(16(23)24)14(8-11)17(18,19)20/h4-9H,3H2,1-2H3,(H,23,24). The van der Waals surface area contributed by atoms with Crippen LogP contribution < -0.4 is 0 Å². The molecule has 2 aromatic rings. The van der Waals surface area contributed by atoms with Gasteiger partial charge in [-0.1, -0.05) is 25.1 Å². The number of hydrogen-bond acceptors (Lipinski definition) is 3. The number of halogens is 3. The van der Waals surface area contributed by atoms with Crippen LogP contribution in [0.15, 0.2) is 30.6 Å². The molecule has 0 fully saturated rings. The van der Waals surface area contributed by atoms with E-state index < -0.39 is 23.3 Å². The van der Waals surface area contributed by atoms with Gasteiger partial charge in [-0.2, -0.15) is 13.2 Å². The fraction of sp³-hybridized carbons (Fsp3) is 0.235. The van der Waals surface area contributed by atoms with E-state index in [2.05, 4.69) is 9.97 Å². The van der Waals surface area contributed by atoms with Gasteiger partial charge in [-0.15, -0.1) is 0 Å². The summed E-state index contributed by atoms with van der Waals surface area (Å²) in [6, 6.07) is 3.09. The van der Waals surface area contributed by atoms with Crippen LogP contribution >= 0.6 is 0 Å². The van der Waals surface area contributed by atoms with Crippen LogP contribution in [0.2, 0.25) is 0 Å². The highest BCUT2D eigenvalue weighted by atomic mass is 19.4. The summed E-state index contributed by atoms with van der Waals surface area (Å²) < 4.78 is 39.5. The zero-order valence-corrected chi connectivity index (χ0v) is 13.1. The Balaban J connectivity index is 2.69. The minimum Gasteiger partial charge on any atom is -0.478 e. The maximum Gasteiger partial charge on any atom is 0.417 e. The lowest BCUT2D eigenvalue weighted by atomic mass is 9.98. The van der Waals surface area contributed by atoms with Crippen LogP contribution in [0.25, 0.3) is 17.3 Å². The number of carbonyl (C=O) groups is 1. The molecule has 0 aliphatic heterocycles. The first-order chi connectivity index (χ1) is 11.3. The van der Waals surface area contributed by atoms with Gasteiger partial charge in [-0.05, 0) is 25.5 Å². The smallest absolute Gasteiger partial charge is 0.417 e. The zero-order chi connectivity index (χ0) is 17.9. The molecule has 0 saturated heterocycles. The van der Waals surface area contributed by atoms with E-state index in [1.807, 2.05) is 13.0 Å². The van der Waals surface area contributed by atoms with Gasteiger partial charge >= 0.3 is 12.1 Å². The molecule has 0 aliphatic carbocycles. The molecular formula is C17H15F3N2O2.